The summed E-state index contributed by atoms with van der Waals surface area (Å²) < 4.78 is 0. The Hall–Kier alpha value is -1.06. The molecule has 1 atom stereocenters. The van der Waals surface area contributed by atoms with E-state index in [1.54, 1.807) is 4.90 Å². The van der Waals surface area contributed by atoms with E-state index in [0.29, 0.717) is 19.5 Å². The highest BCUT2D eigenvalue weighted by atomic mass is 16.4. The Balaban J connectivity index is 2.66. The molecule has 1 rings (SSSR count). The Kier molecular flexibility index (Phi) is 2.68. The molecule has 4 nitrogen and oxygen atoms in total. The normalized spacial score (nSPS) is 24.2. The van der Waals surface area contributed by atoms with Gasteiger partial charge in [-0.05, 0) is 19.8 Å². The number of carboxylic acid groups (broad SMARTS) is 1. The zero-order chi connectivity index (χ0) is 9.14. The molecule has 0 aromatic heterocycles. The summed E-state index contributed by atoms with van der Waals surface area (Å²) in [4.78, 5) is 23.5. The van der Waals surface area contributed by atoms with Gasteiger partial charge in [0.05, 0.1) is 0 Å². The number of rotatable bonds is 2. The second-order valence-corrected chi connectivity index (χ2v) is 2.95. The molecule has 0 radical (unpaired) electrons. The molecule has 1 N–H and O–H groups in total. The molecule has 0 bridgehead atoms. The Morgan fingerprint density at radius 3 is 2.92 bits per heavy atom. The number of carbonyl (C=O) groups is 2. The second kappa shape index (κ2) is 3.56. The number of hydrogen-bond donors (Lipinski definition) is 1. The number of hydrogen-bond acceptors (Lipinski definition) is 2. The third-order valence-corrected chi connectivity index (χ3v) is 2.21. The molecule has 0 unspecified atom stereocenters. The van der Waals surface area contributed by atoms with Gasteiger partial charge in [0.2, 0.25) is 5.91 Å². The van der Waals surface area contributed by atoms with E-state index >= 15 is 0 Å². The predicted molar refractivity (Wildman–Crippen MR) is 42.6 cm³/mol. The van der Waals surface area contributed by atoms with Crippen LogP contribution in [0.3, 0.4) is 0 Å². The van der Waals surface area contributed by atoms with Crippen molar-refractivity contribution < 1.29 is 14.7 Å². The molecule has 0 aliphatic carbocycles. The average molecular weight is 171 g/mol. The summed E-state index contributed by atoms with van der Waals surface area (Å²) in [6.45, 7) is 3.18. The van der Waals surface area contributed by atoms with Crippen LogP contribution in [0, 0.1) is 5.92 Å². The first-order valence-electron chi connectivity index (χ1n) is 4.18. The third kappa shape index (κ3) is 1.57. The summed E-state index contributed by atoms with van der Waals surface area (Å²) in [6, 6.07) is 0. The molecule has 1 aliphatic rings. The number of piperidine rings is 1. The molecule has 4 heteroatoms. The highest BCUT2D eigenvalue weighted by molar-refractivity contribution is 5.97. The van der Waals surface area contributed by atoms with Crippen molar-refractivity contribution in [2.75, 3.05) is 13.1 Å². The first-order valence-corrected chi connectivity index (χ1v) is 4.18. The van der Waals surface area contributed by atoms with Crippen molar-refractivity contribution in [3.8, 4) is 0 Å². The van der Waals surface area contributed by atoms with Crippen molar-refractivity contribution in [3.63, 3.8) is 0 Å². The van der Waals surface area contributed by atoms with Crippen LogP contribution in [-0.4, -0.2) is 35.0 Å². The fraction of sp³-hybridized carbons (Fsp3) is 0.750. The Morgan fingerprint density at radius 1 is 1.75 bits per heavy atom. The van der Waals surface area contributed by atoms with E-state index in [-0.39, 0.29) is 5.91 Å². The summed E-state index contributed by atoms with van der Waals surface area (Å²) in [5.41, 5.74) is 0. The summed E-state index contributed by atoms with van der Waals surface area (Å²) in [7, 11) is 0. The molecule has 1 aliphatic heterocycles. The van der Waals surface area contributed by atoms with Crippen molar-refractivity contribution >= 4 is 11.9 Å². The van der Waals surface area contributed by atoms with E-state index in [1.165, 1.54) is 0 Å². The zero-order valence-corrected chi connectivity index (χ0v) is 7.12. The molecule has 1 amide bonds. The van der Waals surface area contributed by atoms with Gasteiger partial charge in [0.15, 0.2) is 0 Å². The lowest BCUT2D eigenvalue weighted by molar-refractivity contribution is -0.153. The minimum atomic E-state index is -0.988. The summed E-state index contributed by atoms with van der Waals surface area (Å²) in [5, 5.41) is 8.67. The van der Waals surface area contributed by atoms with Gasteiger partial charge in [-0.25, -0.2) is 0 Å². The van der Waals surface area contributed by atoms with Crippen LogP contribution in [0.15, 0.2) is 0 Å². The van der Waals surface area contributed by atoms with Gasteiger partial charge in [0.1, 0.15) is 5.92 Å². The minimum absolute atomic E-state index is 0.226. The molecule has 1 saturated heterocycles. The van der Waals surface area contributed by atoms with E-state index in [2.05, 4.69) is 0 Å². The van der Waals surface area contributed by atoms with Crippen LogP contribution in [-0.2, 0) is 9.59 Å². The van der Waals surface area contributed by atoms with Gasteiger partial charge in [-0.15, -0.1) is 0 Å². The van der Waals surface area contributed by atoms with Crippen molar-refractivity contribution in [3.05, 3.63) is 0 Å². The molecule has 12 heavy (non-hydrogen) atoms. The minimum Gasteiger partial charge on any atom is -0.481 e. The largest absolute Gasteiger partial charge is 0.481 e. The smallest absolute Gasteiger partial charge is 0.316 e. The van der Waals surface area contributed by atoms with Crippen molar-refractivity contribution in [2.24, 2.45) is 5.92 Å². The molecule has 68 valence electrons. The van der Waals surface area contributed by atoms with Crippen LogP contribution in [0.4, 0.5) is 0 Å². The van der Waals surface area contributed by atoms with Gasteiger partial charge < -0.3 is 10.0 Å². The van der Waals surface area contributed by atoms with Crippen LogP contribution < -0.4 is 0 Å². The van der Waals surface area contributed by atoms with Gasteiger partial charge in [-0.1, -0.05) is 0 Å². The summed E-state index contributed by atoms with van der Waals surface area (Å²) in [5.74, 6) is -2.01. The number of nitrogens with zero attached hydrogens (tertiary/aromatic N) is 1. The molecular weight excluding hydrogens is 158 g/mol. The maximum atomic E-state index is 11.3. The van der Waals surface area contributed by atoms with E-state index in [0.717, 1.165) is 6.42 Å². The highest BCUT2D eigenvalue weighted by Gasteiger charge is 2.32. The molecule has 1 fully saturated rings. The van der Waals surface area contributed by atoms with Gasteiger partial charge in [0.25, 0.3) is 0 Å². The van der Waals surface area contributed by atoms with Crippen molar-refractivity contribution in [1.82, 2.24) is 4.90 Å². The van der Waals surface area contributed by atoms with Crippen molar-refractivity contribution in [2.45, 2.75) is 19.8 Å². The quantitative estimate of drug-likeness (QED) is 0.609. The standard InChI is InChI=1S/C8H13NO3/c1-2-9-5-3-4-6(7(9)10)8(11)12/h6H,2-5H2,1H3,(H,11,12)/t6-/m1/s1. The maximum absolute atomic E-state index is 11.3. The second-order valence-electron chi connectivity index (χ2n) is 2.95. The lowest BCUT2D eigenvalue weighted by Crippen LogP contribution is -2.43. The van der Waals surface area contributed by atoms with Crippen LogP contribution >= 0.6 is 0 Å². The van der Waals surface area contributed by atoms with Gasteiger partial charge in [0, 0.05) is 13.1 Å². The van der Waals surface area contributed by atoms with E-state index < -0.39 is 11.9 Å². The van der Waals surface area contributed by atoms with Gasteiger partial charge in [-0.3, -0.25) is 9.59 Å². The van der Waals surface area contributed by atoms with Crippen LogP contribution in [0.25, 0.3) is 0 Å². The number of carboxylic acids is 1. The van der Waals surface area contributed by atoms with Gasteiger partial charge in [-0.2, -0.15) is 0 Å². The lowest BCUT2D eigenvalue weighted by atomic mass is 9.97. The first kappa shape index (κ1) is 9.03. The molecule has 0 aromatic carbocycles. The Bertz CT molecular complexity index is 202. The topological polar surface area (TPSA) is 57.6 Å². The zero-order valence-electron chi connectivity index (χ0n) is 7.12. The molecule has 1 heterocycles. The monoisotopic (exact) mass is 171 g/mol. The fourth-order valence-corrected chi connectivity index (χ4v) is 1.48. The number of carbonyl (C=O) groups excluding carboxylic acids is 1. The van der Waals surface area contributed by atoms with Crippen LogP contribution in [0.2, 0.25) is 0 Å². The Morgan fingerprint density at radius 2 is 2.42 bits per heavy atom. The van der Waals surface area contributed by atoms with Crippen molar-refractivity contribution in [1.29, 1.82) is 0 Å². The third-order valence-electron chi connectivity index (χ3n) is 2.21. The molecule has 0 aromatic rings. The van der Waals surface area contributed by atoms with E-state index in [9.17, 15) is 9.59 Å². The van der Waals surface area contributed by atoms with Crippen LogP contribution in [0.5, 0.6) is 0 Å². The molecule has 0 saturated carbocycles. The highest BCUT2D eigenvalue weighted by Crippen LogP contribution is 2.17. The predicted octanol–water partition coefficient (Wildman–Crippen LogP) is 0.330. The Labute approximate surface area is 71.2 Å². The van der Waals surface area contributed by atoms with Gasteiger partial charge >= 0.3 is 5.97 Å². The lowest BCUT2D eigenvalue weighted by Gasteiger charge is -2.29. The van der Waals surface area contributed by atoms with Crippen LogP contribution in [0.1, 0.15) is 19.8 Å². The number of likely N-dealkylation sites (tertiary alicyclic amines) is 1. The van der Waals surface area contributed by atoms with E-state index in [1.807, 2.05) is 6.92 Å². The number of aliphatic carboxylic acids is 1. The summed E-state index contributed by atoms with van der Waals surface area (Å²) >= 11 is 0. The van der Waals surface area contributed by atoms with E-state index in [4.69, 9.17) is 5.11 Å². The fourth-order valence-electron chi connectivity index (χ4n) is 1.48. The average Bonchev–Trinajstić information content (AvgIpc) is 2.04. The first-order chi connectivity index (χ1) is 5.66. The maximum Gasteiger partial charge on any atom is 0.316 e. The number of amides is 1. The molecular formula is C8H13NO3. The SMILES string of the molecule is CCN1CCC[C@@H](C(=O)O)C1=O. The molecule has 0 spiro atoms. The summed E-state index contributed by atoms with van der Waals surface area (Å²) in [6.07, 6.45) is 1.29.